The van der Waals surface area contributed by atoms with Gasteiger partial charge in [0.15, 0.2) is 0 Å². The molecule has 132 valence electrons. The predicted molar refractivity (Wildman–Crippen MR) is 80.0 cm³/mol. The molecule has 2 rings (SSSR count). The van der Waals surface area contributed by atoms with Gasteiger partial charge in [-0.05, 0) is 13.0 Å². The van der Waals surface area contributed by atoms with Gasteiger partial charge in [0, 0.05) is 11.6 Å². The number of hydrogen-bond donors (Lipinski definition) is 1. The maximum Gasteiger partial charge on any atom is 0.423 e. The Morgan fingerprint density at radius 3 is 2.42 bits per heavy atom. The molecule has 0 spiro atoms. The molecule has 0 amide bonds. The first-order valence-electron chi connectivity index (χ1n) is 6.51. The van der Waals surface area contributed by atoms with Crippen molar-refractivity contribution < 1.29 is 31.2 Å². The molecule has 1 aromatic carbocycles. The number of anilines is 1. The molecule has 7 nitrogen and oxygen atoms in total. The van der Waals surface area contributed by atoms with Gasteiger partial charge in [-0.15, -0.1) is 0 Å². The molecule has 1 N–H and O–H groups in total. The average molecular weight is 366 g/mol. The van der Waals surface area contributed by atoms with Crippen molar-refractivity contribution in [3.63, 3.8) is 0 Å². The van der Waals surface area contributed by atoms with Gasteiger partial charge >= 0.3 is 6.18 Å². The monoisotopic (exact) mass is 366 g/mol. The number of nitro benzene ring substituents is 1. The van der Waals surface area contributed by atoms with Crippen LogP contribution in [0.4, 0.5) is 24.5 Å². The number of nitrogens with one attached hydrogen (secondary N) is 1. The lowest BCUT2D eigenvalue weighted by Crippen LogP contribution is -2.14. The van der Waals surface area contributed by atoms with Crippen molar-refractivity contribution in [3.05, 3.63) is 39.4 Å². The van der Waals surface area contributed by atoms with Crippen LogP contribution in [-0.4, -0.2) is 31.8 Å². The summed E-state index contributed by atoms with van der Waals surface area (Å²) in [6.45, 7) is 2.09. The minimum Gasteiger partial charge on any atom is -0.365 e. The van der Waals surface area contributed by atoms with E-state index < -0.39 is 43.7 Å². The van der Waals surface area contributed by atoms with E-state index in [2.05, 4.69) is 0 Å². The molecule has 0 saturated carbocycles. The Morgan fingerprint density at radius 1 is 1.42 bits per heavy atom. The molecule has 1 aromatic rings. The molecular weight excluding hydrogens is 353 g/mol. The van der Waals surface area contributed by atoms with Crippen LogP contribution in [0.2, 0.25) is 0 Å². The van der Waals surface area contributed by atoms with Gasteiger partial charge in [-0.25, -0.2) is 8.42 Å². The quantitative estimate of drug-likeness (QED) is 0.490. The molecular formula is C13H13F3N2O5S. The molecule has 1 aliphatic heterocycles. The van der Waals surface area contributed by atoms with Crippen LogP contribution in [0.5, 0.6) is 0 Å². The van der Waals surface area contributed by atoms with Crippen LogP contribution in [-0.2, 0) is 20.9 Å². The second kappa shape index (κ2) is 5.74. The number of nitro groups is 1. The van der Waals surface area contributed by atoms with Gasteiger partial charge in [0.1, 0.15) is 11.2 Å². The fraction of sp³-hybridized carbons (Fsp3) is 0.385. The van der Waals surface area contributed by atoms with Gasteiger partial charge in [-0.1, -0.05) is 12.2 Å². The van der Waals surface area contributed by atoms with Gasteiger partial charge in [0.05, 0.1) is 23.5 Å². The highest BCUT2D eigenvalue weighted by Gasteiger charge is 2.40. The summed E-state index contributed by atoms with van der Waals surface area (Å²) >= 11 is 0. The standard InChI is InChI=1S/C13H13F3N2O5S/c1-12(7-23-12)4-3-8-5-11(18(19)20)9(13(14,15)16)6-10(8)17-24(2,21)22/h3-6,17H,7H2,1-2H3/b4-3+. The van der Waals surface area contributed by atoms with Crippen LogP contribution in [0.15, 0.2) is 18.2 Å². The van der Waals surface area contributed by atoms with Crippen LogP contribution in [0, 0.1) is 10.1 Å². The fourth-order valence-corrected chi connectivity index (χ4v) is 2.46. The Bertz CT molecular complexity index is 814. The molecule has 0 radical (unpaired) electrons. The summed E-state index contributed by atoms with van der Waals surface area (Å²) in [7, 11) is -3.89. The minimum atomic E-state index is -5.01. The molecule has 1 aliphatic rings. The summed E-state index contributed by atoms with van der Waals surface area (Å²) in [5, 5.41) is 10.9. The van der Waals surface area contributed by atoms with E-state index >= 15 is 0 Å². The first-order chi connectivity index (χ1) is 10.8. The lowest BCUT2D eigenvalue weighted by molar-refractivity contribution is -0.388. The van der Waals surface area contributed by atoms with Crippen LogP contribution >= 0.6 is 0 Å². The Hall–Kier alpha value is -2.14. The fourth-order valence-electron chi connectivity index (χ4n) is 1.88. The SMILES string of the molecule is CC1(/C=C/c2cc([N+](=O)[O-])c(C(F)(F)F)cc2NS(C)(=O)=O)CO1. The summed E-state index contributed by atoms with van der Waals surface area (Å²) in [5.41, 5.74) is -3.79. The summed E-state index contributed by atoms with van der Waals surface area (Å²) in [4.78, 5) is 9.78. The largest absolute Gasteiger partial charge is 0.423 e. The zero-order chi connectivity index (χ0) is 18.3. The Balaban J connectivity index is 2.63. The first-order valence-corrected chi connectivity index (χ1v) is 8.40. The van der Waals surface area contributed by atoms with Crippen molar-refractivity contribution in [1.82, 2.24) is 0 Å². The van der Waals surface area contributed by atoms with E-state index in [1.54, 1.807) is 6.92 Å². The molecule has 0 aromatic heterocycles. The van der Waals surface area contributed by atoms with Crippen molar-refractivity contribution >= 4 is 27.5 Å². The Labute approximate surface area is 135 Å². The third-order valence-electron chi connectivity index (χ3n) is 3.18. The lowest BCUT2D eigenvalue weighted by Gasteiger charge is -2.13. The van der Waals surface area contributed by atoms with E-state index in [4.69, 9.17) is 4.74 Å². The predicted octanol–water partition coefficient (Wildman–Crippen LogP) is 2.79. The summed E-state index contributed by atoms with van der Waals surface area (Å²) in [6.07, 6.45) is -1.47. The van der Waals surface area contributed by atoms with E-state index in [0.717, 1.165) is 6.26 Å². The third-order valence-corrected chi connectivity index (χ3v) is 3.77. The van der Waals surface area contributed by atoms with Crippen molar-refractivity contribution in [2.45, 2.75) is 18.7 Å². The highest BCUT2D eigenvalue weighted by molar-refractivity contribution is 7.92. The molecule has 24 heavy (non-hydrogen) atoms. The molecule has 0 bridgehead atoms. The van der Waals surface area contributed by atoms with E-state index in [0.29, 0.717) is 18.7 Å². The van der Waals surface area contributed by atoms with Crippen molar-refractivity contribution in [1.29, 1.82) is 0 Å². The number of alkyl halides is 3. The highest BCUT2D eigenvalue weighted by atomic mass is 32.2. The van der Waals surface area contributed by atoms with E-state index in [-0.39, 0.29) is 5.56 Å². The summed E-state index contributed by atoms with van der Waals surface area (Å²) in [6, 6.07) is 1.09. The number of benzene rings is 1. The smallest absolute Gasteiger partial charge is 0.365 e. The van der Waals surface area contributed by atoms with Crippen LogP contribution in [0.25, 0.3) is 6.08 Å². The molecule has 1 fully saturated rings. The Kier molecular flexibility index (Phi) is 4.35. The molecule has 0 aliphatic carbocycles. The number of ether oxygens (including phenoxy) is 1. The van der Waals surface area contributed by atoms with Gasteiger partial charge in [-0.2, -0.15) is 13.2 Å². The average Bonchev–Trinajstić information content (AvgIpc) is 3.12. The second-order valence-corrected chi connectivity index (χ2v) is 7.27. The highest BCUT2D eigenvalue weighted by Crippen LogP contribution is 2.40. The van der Waals surface area contributed by atoms with Crippen molar-refractivity contribution in [2.24, 2.45) is 0 Å². The van der Waals surface area contributed by atoms with Crippen molar-refractivity contribution in [2.75, 3.05) is 17.6 Å². The van der Waals surface area contributed by atoms with Gasteiger partial charge in [0.2, 0.25) is 10.0 Å². The van der Waals surface area contributed by atoms with Crippen LogP contribution in [0.3, 0.4) is 0 Å². The third kappa shape index (κ3) is 4.45. The molecule has 1 saturated heterocycles. The summed E-state index contributed by atoms with van der Waals surface area (Å²) in [5.74, 6) is 0. The molecule has 11 heteroatoms. The number of hydrogen-bond acceptors (Lipinski definition) is 5. The minimum absolute atomic E-state index is 0.0724. The van der Waals surface area contributed by atoms with Gasteiger partial charge < -0.3 is 4.74 Å². The zero-order valence-electron chi connectivity index (χ0n) is 12.5. The second-order valence-electron chi connectivity index (χ2n) is 5.52. The normalized spacial score (nSPS) is 21.0. The number of epoxide rings is 1. The van der Waals surface area contributed by atoms with E-state index in [1.165, 1.54) is 12.2 Å². The maximum absolute atomic E-state index is 13.0. The van der Waals surface area contributed by atoms with Gasteiger partial charge in [0.25, 0.3) is 5.69 Å². The first kappa shape index (κ1) is 18.2. The summed E-state index contributed by atoms with van der Waals surface area (Å²) < 4.78 is 68.8. The number of sulfonamides is 1. The Morgan fingerprint density at radius 2 is 2.00 bits per heavy atom. The van der Waals surface area contributed by atoms with Crippen LogP contribution in [0.1, 0.15) is 18.1 Å². The topological polar surface area (TPSA) is 102 Å². The van der Waals surface area contributed by atoms with E-state index in [9.17, 15) is 31.7 Å². The lowest BCUT2D eigenvalue weighted by atomic mass is 10.0. The van der Waals surface area contributed by atoms with Crippen LogP contribution < -0.4 is 4.72 Å². The van der Waals surface area contributed by atoms with Gasteiger partial charge in [-0.3, -0.25) is 14.8 Å². The maximum atomic E-state index is 13.0. The zero-order valence-corrected chi connectivity index (χ0v) is 13.4. The molecule has 1 heterocycles. The number of rotatable bonds is 5. The van der Waals surface area contributed by atoms with Crippen molar-refractivity contribution in [3.8, 4) is 0 Å². The molecule has 1 unspecified atom stereocenters. The van der Waals surface area contributed by atoms with E-state index in [1.807, 2.05) is 4.72 Å². The molecule has 1 atom stereocenters. The number of nitrogens with zero attached hydrogens (tertiary/aromatic N) is 1. The number of halogens is 3.